The second kappa shape index (κ2) is 5.87. The molecule has 88 valence electrons. The van der Waals surface area contributed by atoms with Crippen LogP contribution in [0, 0.1) is 0 Å². The van der Waals surface area contributed by atoms with E-state index in [1.165, 1.54) is 5.57 Å². The first-order valence-electron chi connectivity index (χ1n) is 5.88. The Balaban J connectivity index is 1.69. The Morgan fingerprint density at radius 2 is 2.44 bits per heavy atom. The van der Waals surface area contributed by atoms with Crippen molar-refractivity contribution >= 4 is 0 Å². The van der Waals surface area contributed by atoms with E-state index in [1.807, 2.05) is 12.1 Å². The molecular weight excluding hydrogens is 202 g/mol. The highest BCUT2D eigenvalue weighted by Crippen LogP contribution is 2.14. The fourth-order valence-electron chi connectivity index (χ4n) is 1.88. The first-order chi connectivity index (χ1) is 7.86. The van der Waals surface area contributed by atoms with Gasteiger partial charge in [-0.1, -0.05) is 11.6 Å². The predicted octanol–water partition coefficient (Wildman–Crippen LogP) is 2.67. The number of furan rings is 1. The van der Waals surface area contributed by atoms with E-state index in [4.69, 9.17) is 9.15 Å². The minimum atomic E-state index is 0.287. The number of hydrogen-bond acceptors (Lipinski definition) is 3. The number of ether oxygens (including phenoxy) is 1. The Morgan fingerprint density at radius 3 is 3.12 bits per heavy atom. The highest BCUT2D eigenvalue weighted by Gasteiger charge is 2.08. The van der Waals surface area contributed by atoms with Crippen molar-refractivity contribution in [3.8, 4) is 0 Å². The van der Waals surface area contributed by atoms with Crippen molar-refractivity contribution < 1.29 is 9.15 Å². The molecule has 0 radical (unpaired) electrons. The van der Waals surface area contributed by atoms with Crippen LogP contribution in [0.15, 0.2) is 34.5 Å². The van der Waals surface area contributed by atoms with Crippen molar-refractivity contribution in [3.63, 3.8) is 0 Å². The smallest absolute Gasteiger partial charge is 0.120 e. The van der Waals surface area contributed by atoms with Gasteiger partial charge in [-0.2, -0.15) is 0 Å². The van der Waals surface area contributed by atoms with Crippen LogP contribution in [0.5, 0.6) is 0 Å². The van der Waals surface area contributed by atoms with Crippen LogP contribution >= 0.6 is 0 Å². The van der Waals surface area contributed by atoms with Crippen LogP contribution in [0.4, 0.5) is 0 Å². The van der Waals surface area contributed by atoms with Gasteiger partial charge < -0.3 is 14.5 Å². The molecule has 1 atom stereocenters. The van der Waals surface area contributed by atoms with Gasteiger partial charge in [-0.25, -0.2) is 0 Å². The molecule has 0 saturated heterocycles. The molecule has 1 N–H and O–H groups in total. The normalized spacial score (nSPS) is 18.2. The molecule has 0 aliphatic carbocycles. The molecule has 0 saturated carbocycles. The maximum absolute atomic E-state index is 5.34. The standard InChI is InChI=1S/C13H19NO2/c1-11(13-3-2-8-16-13)14-7-4-12-5-9-15-10-6-12/h2-3,5,8,11,14H,4,6-7,9-10H2,1H3. The lowest BCUT2D eigenvalue weighted by Gasteiger charge is -2.15. The van der Waals surface area contributed by atoms with Crippen molar-refractivity contribution in [3.05, 3.63) is 35.8 Å². The average Bonchev–Trinajstić information content (AvgIpc) is 2.84. The molecule has 0 fully saturated rings. The van der Waals surface area contributed by atoms with Crippen LogP contribution in [0.1, 0.15) is 31.6 Å². The number of hydrogen-bond donors (Lipinski definition) is 1. The Morgan fingerprint density at radius 1 is 1.50 bits per heavy atom. The molecular formula is C13H19NO2. The van der Waals surface area contributed by atoms with Crippen molar-refractivity contribution in [2.45, 2.75) is 25.8 Å². The fraction of sp³-hybridized carbons (Fsp3) is 0.538. The van der Waals surface area contributed by atoms with Crippen LogP contribution in [-0.2, 0) is 4.74 Å². The molecule has 3 heteroatoms. The van der Waals surface area contributed by atoms with Crippen molar-refractivity contribution in [2.75, 3.05) is 19.8 Å². The third kappa shape index (κ3) is 3.22. The van der Waals surface area contributed by atoms with Crippen LogP contribution in [-0.4, -0.2) is 19.8 Å². The van der Waals surface area contributed by atoms with Gasteiger partial charge in [-0.05, 0) is 38.4 Å². The van der Waals surface area contributed by atoms with E-state index in [0.717, 1.165) is 38.4 Å². The molecule has 16 heavy (non-hydrogen) atoms. The zero-order valence-electron chi connectivity index (χ0n) is 9.74. The second-order valence-electron chi connectivity index (χ2n) is 4.13. The lowest BCUT2D eigenvalue weighted by molar-refractivity contribution is 0.153. The first-order valence-corrected chi connectivity index (χ1v) is 5.88. The lowest BCUT2D eigenvalue weighted by atomic mass is 10.1. The summed E-state index contributed by atoms with van der Waals surface area (Å²) in [6, 6.07) is 4.22. The molecule has 1 aromatic rings. The van der Waals surface area contributed by atoms with E-state index < -0.39 is 0 Å². The summed E-state index contributed by atoms with van der Waals surface area (Å²) in [6.07, 6.45) is 6.10. The zero-order valence-corrected chi connectivity index (χ0v) is 9.74. The van der Waals surface area contributed by atoms with Gasteiger partial charge >= 0.3 is 0 Å². The molecule has 1 aromatic heterocycles. The van der Waals surface area contributed by atoms with E-state index in [-0.39, 0.29) is 6.04 Å². The third-order valence-electron chi connectivity index (χ3n) is 2.92. The molecule has 2 rings (SSSR count). The zero-order chi connectivity index (χ0) is 11.2. The summed E-state index contributed by atoms with van der Waals surface area (Å²) >= 11 is 0. The van der Waals surface area contributed by atoms with Gasteiger partial charge in [0.15, 0.2) is 0 Å². The van der Waals surface area contributed by atoms with Crippen LogP contribution in [0.25, 0.3) is 0 Å². The van der Waals surface area contributed by atoms with Gasteiger partial charge in [0.2, 0.25) is 0 Å². The van der Waals surface area contributed by atoms with Gasteiger partial charge in [-0.3, -0.25) is 0 Å². The average molecular weight is 221 g/mol. The van der Waals surface area contributed by atoms with E-state index >= 15 is 0 Å². The maximum atomic E-state index is 5.34. The Hall–Kier alpha value is -1.06. The minimum absolute atomic E-state index is 0.287. The monoisotopic (exact) mass is 221 g/mol. The summed E-state index contributed by atoms with van der Waals surface area (Å²) < 4.78 is 10.6. The van der Waals surface area contributed by atoms with Crippen molar-refractivity contribution in [2.24, 2.45) is 0 Å². The third-order valence-corrected chi connectivity index (χ3v) is 2.92. The highest BCUT2D eigenvalue weighted by atomic mass is 16.5. The van der Waals surface area contributed by atoms with Crippen molar-refractivity contribution in [1.29, 1.82) is 0 Å². The molecule has 0 bridgehead atoms. The SMILES string of the molecule is CC(NCCC1=CCOCC1)c1ccco1. The fourth-order valence-corrected chi connectivity index (χ4v) is 1.88. The van der Waals surface area contributed by atoms with Gasteiger partial charge in [0, 0.05) is 0 Å². The van der Waals surface area contributed by atoms with Gasteiger partial charge in [-0.15, -0.1) is 0 Å². The first kappa shape index (κ1) is 11.4. The maximum Gasteiger partial charge on any atom is 0.120 e. The summed E-state index contributed by atoms with van der Waals surface area (Å²) in [5, 5.41) is 3.46. The molecule has 1 unspecified atom stereocenters. The van der Waals surface area contributed by atoms with Crippen molar-refractivity contribution in [1.82, 2.24) is 5.32 Å². The molecule has 0 spiro atoms. The van der Waals surface area contributed by atoms with E-state index in [9.17, 15) is 0 Å². The highest BCUT2D eigenvalue weighted by molar-refractivity contribution is 5.06. The molecule has 0 aromatic carbocycles. The molecule has 3 nitrogen and oxygen atoms in total. The Labute approximate surface area is 96.5 Å². The van der Waals surface area contributed by atoms with Crippen LogP contribution in [0.3, 0.4) is 0 Å². The quantitative estimate of drug-likeness (QED) is 0.776. The van der Waals surface area contributed by atoms with E-state index in [2.05, 4.69) is 18.3 Å². The topological polar surface area (TPSA) is 34.4 Å². The van der Waals surface area contributed by atoms with Gasteiger partial charge in [0.05, 0.1) is 25.5 Å². The number of rotatable bonds is 5. The van der Waals surface area contributed by atoms with Gasteiger partial charge in [0.1, 0.15) is 5.76 Å². The van der Waals surface area contributed by atoms with E-state index in [1.54, 1.807) is 6.26 Å². The largest absolute Gasteiger partial charge is 0.468 e. The summed E-state index contributed by atoms with van der Waals surface area (Å²) in [7, 11) is 0. The lowest BCUT2D eigenvalue weighted by Crippen LogP contribution is -2.20. The molecule has 1 aliphatic rings. The summed E-state index contributed by atoms with van der Waals surface area (Å²) in [4.78, 5) is 0. The molecule has 0 amide bonds. The number of nitrogens with one attached hydrogen (secondary N) is 1. The summed E-state index contributed by atoms with van der Waals surface area (Å²) in [6.45, 7) is 4.77. The second-order valence-corrected chi connectivity index (χ2v) is 4.13. The minimum Gasteiger partial charge on any atom is -0.468 e. The van der Waals surface area contributed by atoms with E-state index in [0.29, 0.717) is 0 Å². The Kier molecular flexibility index (Phi) is 4.19. The van der Waals surface area contributed by atoms with Crippen LogP contribution in [0.2, 0.25) is 0 Å². The summed E-state index contributed by atoms with van der Waals surface area (Å²) in [5.74, 6) is 1.00. The Bertz CT molecular complexity index is 330. The predicted molar refractivity (Wildman–Crippen MR) is 63.3 cm³/mol. The molecule has 2 heterocycles. The van der Waals surface area contributed by atoms with Gasteiger partial charge in [0.25, 0.3) is 0 Å². The van der Waals surface area contributed by atoms with Crippen LogP contribution < -0.4 is 5.32 Å². The molecule has 1 aliphatic heterocycles. The summed E-state index contributed by atoms with van der Waals surface area (Å²) in [5.41, 5.74) is 1.50.